The van der Waals surface area contributed by atoms with Crippen molar-refractivity contribution in [2.45, 2.75) is 0 Å². The van der Waals surface area contributed by atoms with Crippen molar-refractivity contribution in [1.29, 1.82) is 0 Å². The Morgan fingerprint density at radius 3 is 2.46 bits per heavy atom. The molecule has 0 aliphatic carbocycles. The number of hydrogen-bond acceptors (Lipinski definition) is 3. The fourth-order valence-corrected chi connectivity index (χ4v) is 3.30. The minimum atomic E-state index is -0.364. The Morgan fingerprint density at radius 2 is 1.71 bits per heavy atom. The van der Waals surface area contributed by atoms with Crippen molar-refractivity contribution in [3.8, 4) is 11.3 Å². The third-order valence-electron chi connectivity index (χ3n) is 4.23. The maximum absolute atomic E-state index is 13.1. The summed E-state index contributed by atoms with van der Waals surface area (Å²) in [4.78, 5) is 25.0. The molecule has 4 nitrogen and oxygen atoms in total. The molecule has 0 spiro atoms. The fraction of sp³-hybridized carbons (Fsp3) is 0. The van der Waals surface area contributed by atoms with Crippen LogP contribution >= 0.6 is 15.9 Å². The lowest BCUT2D eigenvalue weighted by atomic mass is 10.1. The van der Waals surface area contributed by atoms with Crippen LogP contribution in [0.25, 0.3) is 22.3 Å². The van der Waals surface area contributed by atoms with Crippen LogP contribution in [0.15, 0.2) is 86.5 Å². The number of carbonyl (C=O) groups is 1. The zero-order valence-electron chi connectivity index (χ0n) is 14.4. The number of benzene rings is 3. The van der Waals surface area contributed by atoms with Gasteiger partial charge in [-0.2, -0.15) is 0 Å². The highest BCUT2D eigenvalue weighted by Crippen LogP contribution is 2.25. The second-order valence-corrected chi connectivity index (χ2v) is 6.98. The lowest BCUT2D eigenvalue weighted by molar-refractivity contribution is 0.102. The van der Waals surface area contributed by atoms with Gasteiger partial charge in [0.1, 0.15) is 17.2 Å². The van der Waals surface area contributed by atoms with Gasteiger partial charge in [-0.25, -0.2) is 4.39 Å². The van der Waals surface area contributed by atoms with E-state index in [1.54, 1.807) is 48.5 Å². The number of rotatable bonds is 3. The highest BCUT2D eigenvalue weighted by molar-refractivity contribution is 9.10. The molecule has 0 unspecified atom stereocenters. The van der Waals surface area contributed by atoms with Gasteiger partial charge >= 0.3 is 0 Å². The van der Waals surface area contributed by atoms with Crippen LogP contribution in [-0.2, 0) is 0 Å². The maximum atomic E-state index is 13.1. The Kier molecular flexibility index (Phi) is 4.79. The lowest BCUT2D eigenvalue weighted by Crippen LogP contribution is -2.13. The molecule has 4 aromatic rings. The van der Waals surface area contributed by atoms with E-state index >= 15 is 0 Å². The van der Waals surface area contributed by atoms with Gasteiger partial charge in [-0.1, -0.05) is 12.1 Å². The van der Waals surface area contributed by atoms with E-state index in [0.717, 1.165) is 0 Å². The molecule has 138 valence electrons. The minimum absolute atomic E-state index is 0.252. The molecule has 0 radical (unpaired) electrons. The number of carbonyl (C=O) groups excluding carboxylic acids is 1. The normalized spacial score (nSPS) is 10.8. The Balaban J connectivity index is 1.68. The first-order chi connectivity index (χ1) is 13.5. The summed E-state index contributed by atoms with van der Waals surface area (Å²) in [5.41, 5.74) is 1.70. The number of fused-ring (bicyclic) bond motifs is 1. The van der Waals surface area contributed by atoms with Crippen molar-refractivity contribution in [2.24, 2.45) is 0 Å². The largest absolute Gasteiger partial charge is 0.456 e. The average molecular weight is 438 g/mol. The van der Waals surface area contributed by atoms with Gasteiger partial charge in [0.25, 0.3) is 5.91 Å². The van der Waals surface area contributed by atoms with Crippen LogP contribution in [0.3, 0.4) is 0 Å². The lowest BCUT2D eigenvalue weighted by Gasteiger charge is -2.08. The van der Waals surface area contributed by atoms with Crippen LogP contribution in [0.4, 0.5) is 10.1 Å². The Labute approximate surface area is 167 Å². The number of amides is 1. The molecule has 1 N–H and O–H groups in total. The SMILES string of the molecule is O=C(Nc1ccc2oc(-c3ccc(F)cc3)cc(=O)c2c1)c1ccccc1Br. The molecule has 0 saturated heterocycles. The standard InChI is InChI=1S/C22H13BrFNO3/c23-18-4-2-1-3-16(18)22(27)25-15-9-10-20-17(11-15)19(26)12-21(28-20)13-5-7-14(24)8-6-13/h1-12H,(H,25,27). The minimum Gasteiger partial charge on any atom is -0.456 e. The van der Waals surface area contributed by atoms with Gasteiger partial charge in [0.15, 0.2) is 5.43 Å². The molecule has 4 rings (SSSR count). The highest BCUT2D eigenvalue weighted by atomic mass is 79.9. The van der Waals surface area contributed by atoms with E-state index in [9.17, 15) is 14.0 Å². The summed E-state index contributed by atoms with van der Waals surface area (Å²) < 4.78 is 19.6. The van der Waals surface area contributed by atoms with E-state index in [2.05, 4.69) is 21.2 Å². The van der Waals surface area contributed by atoms with Crippen LogP contribution in [0, 0.1) is 5.82 Å². The van der Waals surface area contributed by atoms with E-state index in [-0.39, 0.29) is 17.2 Å². The molecule has 28 heavy (non-hydrogen) atoms. The quantitative estimate of drug-likeness (QED) is 0.452. The number of nitrogens with one attached hydrogen (secondary N) is 1. The summed E-state index contributed by atoms with van der Waals surface area (Å²) in [7, 11) is 0. The number of hydrogen-bond donors (Lipinski definition) is 1. The monoisotopic (exact) mass is 437 g/mol. The summed E-state index contributed by atoms with van der Waals surface area (Å²) in [6, 6.07) is 19.0. The predicted molar refractivity (Wildman–Crippen MR) is 110 cm³/mol. The Morgan fingerprint density at radius 1 is 0.964 bits per heavy atom. The molecule has 0 fully saturated rings. The first-order valence-corrected chi connectivity index (χ1v) is 9.20. The first-order valence-electron chi connectivity index (χ1n) is 8.41. The van der Waals surface area contributed by atoms with E-state index in [4.69, 9.17) is 4.42 Å². The van der Waals surface area contributed by atoms with Crippen molar-refractivity contribution in [3.63, 3.8) is 0 Å². The molecule has 0 aliphatic rings. The van der Waals surface area contributed by atoms with Gasteiger partial charge in [0, 0.05) is 21.8 Å². The van der Waals surface area contributed by atoms with E-state index in [0.29, 0.717) is 38.0 Å². The number of halogens is 2. The molecule has 0 bridgehead atoms. The predicted octanol–water partition coefficient (Wildman–Crippen LogP) is 5.61. The van der Waals surface area contributed by atoms with Crippen LogP contribution in [0.1, 0.15) is 10.4 Å². The smallest absolute Gasteiger partial charge is 0.256 e. The molecule has 1 amide bonds. The Bertz CT molecular complexity index is 1250. The molecule has 1 aromatic heterocycles. The molecule has 0 atom stereocenters. The molecule has 0 saturated carbocycles. The molecule has 6 heteroatoms. The van der Waals surface area contributed by atoms with Crippen LogP contribution in [-0.4, -0.2) is 5.91 Å². The van der Waals surface area contributed by atoms with Gasteiger partial charge in [-0.3, -0.25) is 9.59 Å². The molecular weight excluding hydrogens is 425 g/mol. The van der Waals surface area contributed by atoms with Crippen LogP contribution < -0.4 is 10.7 Å². The average Bonchev–Trinajstić information content (AvgIpc) is 2.69. The third-order valence-corrected chi connectivity index (χ3v) is 4.92. The van der Waals surface area contributed by atoms with Gasteiger partial charge in [0.05, 0.1) is 10.9 Å². The Hall–Kier alpha value is -3.25. The summed E-state index contributed by atoms with van der Waals surface area (Å²) in [5.74, 6) is -0.307. The first kappa shape index (κ1) is 18.1. The van der Waals surface area contributed by atoms with Crippen molar-refractivity contribution in [3.05, 3.63) is 98.9 Å². The fourth-order valence-electron chi connectivity index (χ4n) is 2.83. The van der Waals surface area contributed by atoms with E-state index in [1.165, 1.54) is 18.2 Å². The summed E-state index contributed by atoms with van der Waals surface area (Å²) in [6.07, 6.45) is 0. The summed E-state index contributed by atoms with van der Waals surface area (Å²) in [5, 5.41) is 3.12. The van der Waals surface area contributed by atoms with Gasteiger partial charge < -0.3 is 9.73 Å². The van der Waals surface area contributed by atoms with Crippen molar-refractivity contribution in [2.75, 3.05) is 5.32 Å². The zero-order chi connectivity index (χ0) is 19.7. The molecule has 0 aliphatic heterocycles. The van der Waals surface area contributed by atoms with Gasteiger partial charge in [-0.05, 0) is 70.5 Å². The summed E-state index contributed by atoms with van der Waals surface area (Å²) >= 11 is 3.35. The van der Waals surface area contributed by atoms with Gasteiger partial charge in [-0.15, -0.1) is 0 Å². The van der Waals surface area contributed by atoms with Crippen molar-refractivity contribution in [1.82, 2.24) is 0 Å². The summed E-state index contributed by atoms with van der Waals surface area (Å²) in [6.45, 7) is 0. The second-order valence-electron chi connectivity index (χ2n) is 6.13. The maximum Gasteiger partial charge on any atom is 0.256 e. The highest BCUT2D eigenvalue weighted by Gasteiger charge is 2.12. The van der Waals surface area contributed by atoms with Crippen molar-refractivity contribution < 1.29 is 13.6 Å². The zero-order valence-corrected chi connectivity index (χ0v) is 16.0. The van der Waals surface area contributed by atoms with E-state index < -0.39 is 0 Å². The second kappa shape index (κ2) is 7.40. The molecule has 3 aromatic carbocycles. The van der Waals surface area contributed by atoms with Crippen LogP contribution in [0.2, 0.25) is 0 Å². The topological polar surface area (TPSA) is 59.3 Å². The molecular formula is C22H13BrFNO3. The molecule has 1 heterocycles. The van der Waals surface area contributed by atoms with Gasteiger partial charge in [0.2, 0.25) is 0 Å². The van der Waals surface area contributed by atoms with E-state index in [1.807, 2.05) is 6.07 Å². The van der Waals surface area contributed by atoms with Crippen LogP contribution in [0.5, 0.6) is 0 Å². The third kappa shape index (κ3) is 3.59. The number of anilines is 1. The van der Waals surface area contributed by atoms with Crippen molar-refractivity contribution >= 4 is 38.5 Å².